The summed E-state index contributed by atoms with van der Waals surface area (Å²) in [7, 11) is 0. The number of anilines is 1. The number of nitrogen functional groups attached to an aromatic ring is 1. The number of rotatable bonds is 5. The standard InChI is InChI=1S/C38H43NO7/c1-20(25-10-11-29(39)34-26(25)13-15-44-34)21-4-6-22(7-5-21)35-45-32-17-28-27-9-8-23-16-24(41)12-14-36(23,2)33(27)30(42)18-37(28,3)38(32,46-35)31(43)19-40/h4-7,10-12,14,16,20,27-28,30,32-33,35,40,42H,8-9,13,15,17-19,39H2,1-3H3/t20?,27-,28-,30-,32+,33+,35+,36-,37-,38+/m0/s1. The Labute approximate surface area is 269 Å². The molecule has 2 aromatic carbocycles. The predicted octanol–water partition coefficient (Wildman–Crippen LogP) is 4.96. The molecule has 4 aliphatic carbocycles. The molecule has 1 unspecified atom stereocenters. The summed E-state index contributed by atoms with van der Waals surface area (Å²) in [5, 5.41) is 22.2. The first-order valence-electron chi connectivity index (χ1n) is 16.8. The van der Waals surface area contributed by atoms with Crippen LogP contribution in [0.15, 0.2) is 60.2 Å². The van der Waals surface area contributed by atoms with Gasteiger partial charge in [0.05, 0.1) is 24.5 Å². The molecule has 4 N–H and O–H groups in total. The molecule has 0 spiro atoms. The van der Waals surface area contributed by atoms with Gasteiger partial charge in [0.25, 0.3) is 0 Å². The Hall–Kier alpha value is -3.30. The molecular formula is C38H43NO7. The van der Waals surface area contributed by atoms with E-state index in [4.69, 9.17) is 19.9 Å². The van der Waals surface area contributed by atoms with Gasteiger partial charge in [-0.05, 0) is 66.9 Å². The molecule has 4 fully saturated rings. The van der Waals surface area contributed by atoms with Gasteiger partial charge in [0.15, 0.2) is 23.5 Å². The highest BCUT2D eigenvalue weighted by Gasteiger charge is 2.75. The zero-order valence-electron chi connectivity index (χ0n) is 26.7. The maximum absolute atomic E-state index is 13.9. The van der Waals surface area contributed by atoms with Crippen LogP contribution < -0.4 is 10.5 Å². The van der Waals surface area contributed by atoms with Crippen molar-refractivity contribution in [1.82, 2.24) is 0 Å². The van der Waals surface area contributed by atoms with Crippen LogP contribution in [0.4, 0.5) is 5.69 Å². The number of aliphatic hydroxyl groups is 2. The van der Waals surface area contributed by atoms with E-state index in [1.54, 1.807) is 12.2 Å². The van der Waals surface area contributed by atoms with Crippen molar-refractivity contribution in [2.75, 3.05) is 18.9 Å². The molecule has 242 valence electrons. The number of ketones is 2. The lowest BCUT2D eigenvalue weighted by Crippen LogP contribution is -2.63. The quantitative estimate of drug-likeness (QED) is 0.398. The fraction of sp³-hybridized carbons (Fsp3) is 0.526. The number of carbonyl (C=O) groups excluding carboxylic acids is 2. The molecule has 2 aromatic rings. The number of nitrogens with two attached hydrogens (primary N) is 1. The molecule has 0 amide bonds. The lowest BCUT2D eigenvalue weighted by molar-refractivity contribution is -0.201. The van der Waals surface area contributed by atoms with Gasteiger partial charge in [0.1, 0.15) is 12.4 Å². The first kappa shape index (κ1) is 30.1. The summed E-state index contributed by atoms with van der Waals surface area (Å²) in [6.45, 7) is 6.36. The maximum Gasteiger partial charge on any atom is 0.193 e. The van der Waals surface area contributed by atoms with Gasteiger partial charge < -0.3 is 30.2 Å². The van der Waals surface area contributed by atoms with E-state index in [0.717, 1.165) is 41.7 Å². The number of aliphatic hydroxyl groups excluding tert-OH is 2. The third kappa shape index (κ3) is 3.93. The van der Waals surface area contributed by atoms with Gasteiger partial charge in [0.2, 0.25) is 0 Å². The Morgan fingerprint density at radius 1 is 1.13 bits per heavy atom. The number of Topliss-reactive ketones (excluding diaryl/α,β-unsaturated/α-hetero) is 1. The average molecular weight is 626 g/mol. The Balaban J connectivity index is 1.08. The van der Waals surface area contributed by atoms with E-state index in [0.29, 0.717) is 25.1 Å². The minimum absolute atomic E-state index is 0.00245. The summed E-state index contributed by atoms with van der Waals surface area (Å²) in [6.07, 6.45) is 6.77. The summed E-state index contributed by atoms with van der Waals surface area (Å²) in [4.78, 5) is 26.1. The number of hydrogen-bond donors (Lipinski definition) is 3. The van der Waals surface area contributed by atoms with Crippen LogP contribution in [0, 0.1) is 28.6 Å². The molecule has 0 radical (unpaired) electrons. The SMILES string of the molecule is CC(c1ccc([C@@H]2O[C@@H]3C[C@H]4[C@@H]5CCC6=CC(=O)C=C[C@]6(C)[C@H]5[C@@H](O)C[C@]4(C)[C@]3(C(=O)CO)O2)cc1)c1ccc(N)c2c1CCO2. The lowest BCUT2D eigenvalue weighted by Gasteiger charge is -2.59. The van der Waals surface area contributed by atoms with Crippen LogP contribution in [0.25, 0.3) is 0 Å². The fourth-order valence-corrected chi connectivity index (χ4v) is 10.7. The highest BCUT2D eigenvalue weighted by atomic mass is 16.7. The normalized spacial score (nSPS) is 39.4. The topological polar surface area (TPSA) is 128 Å². The number of allylic oxidation sites excluding steroid dienone is 4. The summed E-state index contributed by atoms with van der Waals surface area (Å²) in [5.41, 5.74) is 9.72. The molecule has 0 aromatic heterocycles. The number of benzene rings is 2. The predicted molar refractivity (Wildman–Crippen MR) is 171 cm³/mol. The van der Waals surface area contributed by atoms with E-state index in [-0.39, 0.29) is 35.2 Å². The van der Waals surface area contributed by atoms with Crippen molar-refractivity contribution in [3.8, 4) is 5.75 Å². The first-order chi connectivity index (χ1) is 22.0. The highest BCUT2D eigenvalue weighted by molar-refractivity contribution is 6.01. The molecule has 8 heteroatoms. The van der Waals surface area contributed by atoms with E-state index in [1.165, 1.54) is 11.1 Å². The van der Waals surface area contributed by atoms with Gasteiger partial charge in [-0.3, -0.25) is 9.59 Å². The Morgan fingerprint density at radius 2 is 1.91 bits per heavy atom. The van der Waals surface area contributed by atoms with Gasteiger partial charge >= 0.3 is 0 Å². The second-order valence-corrected chi connectivity index (χ2v) is 14.9. The highest BCUT2D eigenvalue weighted by Crippen LogP contribution is 2.70. The average Bonchev–Trinajstić information content (AvgIpc) is 3.75. The smallest absolute Gasteiger partial charge is 0.193 e. The summed E-state index contributed by atoms with van der Waals surface area (Å²) in [6, 6.07) is 12.2. The van der Waals surface area contributed by atoms with Gasteiger partial charge in [-0.2, -0.15) is 0 Å². The number of carbonyl (C=O) groups is 2. The van der Waals surface area contributed by atoms with Gasteiger partial charge in [-0.1, -0.05) is 62.8 Å². The number of ether oxygens (including phenoxy) is 3. The molecule has 0 bridgehead atoms. The van der Waals surface area contributed by atoms with Crippen molar-refractivity contribution in [2.45, 2.75) is 82.9 Å². The third-order valence-corrected chi connectivity index (χ3v) is 12.9. The Kier molecular flexibility index (Phi) is 6.76. The zero-order valence-corrected chi connectivity index (χ0v) is 26.7. The lowest BCUT2D eigenvalue weighted by atomic mass is 9.46. The van der Waals surface area contributed by atoms with E-state index >= 15 is 0 Å². The Morgan fingerprint density at radius 3 is 2.67 bits per heavy atom. The summed E-state index contributed by atoms with van der Waals surface area (Å²) >= 11 is 0. The molecule has 8 rings (SSSR count). The van der Waals surface area contributed by atoms with Gasteiger partial charge in [-0.25, -0.2) is 0 Å². The van der Waals surface area contributed by atoms with Crippen molar-refractivity contribution >= 4 is 17.3 Å². The fourth-order valence-electron chi connectivity index (χ4n) is 10.7. The van der Waals surface area contributed by atoms with Crippen molar-refractivity contribution in [3.05, 3.63) is 82.5 Å². The van der Waals surface area contributed by atoms with E-state index in [1.807, 2.05) is 24.3 Å². The Bertz CT molecular complexity index is 1680. The molecule has 2 aliphatic heterocycles. The van der Waals surface area contributed by atoms with E-state index in [9.17, 15) is 19.8 Å². The van der Waals surface area contributed by atoms with Crippen LogP contribution in [0.5, 0.6) is 5.75 Å². The van der Waals surface area contributed by atoms with Crippen LogP contribution in [0.2, 0.25) is 0 Å². The zero-order chi connectivity index (χ0) is 32.2. The first-order valence-corrected chi connectivity index (χ1v) is 16.8. The maximum atomic E-state index is 13.9. The van der Waals surface area contributed by atoms with Crippen molar-refractivity contribution < 1.29 is 34.0 Å². The van der Waals surface area contributed by atoms with Gasteiger partial charge in [0, 0.05) is 40.2 Å². The minimum Gasteiger partial charge on any atom is -0.491 e. The minimum atomic E-state index is -1.37. The third-order valence-electron chi connectivity index (χ3n) is 12.9. The van der Waals surface area contributed by atoms with Crippen LogP contribution >= 0.6 is 0 Å². The van der Waals surface area contributed by atoms with Crippen molar-refractivity contribution in [2.24, 2.45) is 28.6 Å². The molecule has 46 heavy (non-hydrogen) atoms. The van der Waals surface area contributed by atoms with Crippen LogP contribution in [-0.4, -0.2) is 52.8 Å². The number of fused-ring (bicyclic) bond motifs is 8. The van der Waals surface area contributed by atoms with Gasteiger partial charge in [-0.15, -0.1) is 0 Å². The van der Waals surface area contributed by atoms with Crippen molar-refractivity contribution in [3.63, 3.8) is 0 Å². The van der Waals surface area contributed by atoms with Crippen molar-refractivity contribution in [1.29, 1.82) is 0 Å². The second-order valence-electron chi connectivity index (χ2n) is 14.9. The monoisotopic (exact) mass is 625 g/mol. The molecule has 1 saturated heterocycles. The van der Waals surface area contributed by atoms with Crippen LogP contribution in [0.3, 0.4) is 0 Å². The number of hydrogen-bond acceptors (Lipinski definition) is 8. The molecule has 2 heterocycles. The molecular weight excluding hydrogens is 582 g/mol. The van der Waals surface area contributed by atoms with Crippen LogP contribution in [-0.2, 0) is 25.5 Å². The van der Waals surface area contributed by atoms with E-state index < -0.39 is 41.5 Å². The molecule has 8 nitrogen and oxygen atoms in total. The summed E-state index contributed by atoms with van der Waals surface area (Å²) < 4.78 is 19.2. The molecule has 6 aliphatic rings. The molecule has 10 atom stereocenters. The summed E-state index contributed by atoms with van der Waals surface area (Å²) in [5.74, 6) is 0.644. The molecule has 3 saturated carbocycles. The largest absolute Gasteiger partial charge is 0.491 e. The van der Waals surface area contributed by atoms with E-state index in [2.05, 4.69) is 39.0 Å². The van der Waals surface area contributed by atoms with Crippen LogP contribution in [0.1, 0.15) is 80.9 Å². The second kappa shape index (κ2) is 10.3.